The third-order valence-electron chi connectivity index (χ3n) is 6.56. The van der Waals surface area contributed by atoms with Crippen LogP contribution in [0.2, 0.25) is 0 Å². The fraction of sp³-hybridized carbons (Fsp3) is 0.267. The Hall–Kier alpha value is -4.26. The zero-order valence-electron chi connectivity index (χ0n) is 21.7. The van der Waals surface area contributed by atoms with Gasteiger partial charge in [-0.15, -0.1) is 0 Å². The third-order valence-corrected chi connectivity index (χ3v) is 6.56. The number of hydrogen-bond donors (Lipinski definition) is 1. The third kappa shape index (κ3) is 5.03. The number of aliphatic hydroxyl groups is 1. The number of likely N-dealkylation sites (tertiary alicyclic amines) is 1. The minimum Gasteiger partial charge on any atom is -0.507 e. The summed E-state index contributed by atoms with van der Waals surface area (Å²) in [6, 6.07) is 17.4. The van der Waals surface area contributed by atoms with E-state index in [1.165, 1.54) is 4.90 Å². The number of hydrogen-bond acceptors (Lipinski definition) is 6. The number of carbonyl (C=O) groups excluding carboxylic acids is 2. The molecule has 1 saturated heterocycles. The zero-order chi connectivity index (χ0) is 26.7. The van der Waals surface area contributed by atoms with Crippen LogP contribution in [0.1, 0.15) is 40.8 Å². The molecule has 0 saturated carbocycles. The van der Waals surface area contributed by atoms with Gasteiger partial charge in [0.25, 0.3) is 11.7 Å². The summed E-state index contributed by atoms with van der Waals surface area (Å²) in [4.78, 5) is 28.3. The molecular formula is C30H31NO6. The molecule has 3 aromatic carbocycles. The van der Waals surface area contributed by atoms with Crippen molar-refractivity contribution in [3.8, 4) is 17.2 Å². The molecule has 4 rings (SSSR count). The number of aryl methyl sites for hydroxylation is 2. The van der Waals surface area contributed by atoms with Crippen molar-refractivity contribution < 1.29 is 28.9 Å². The Balaban J connectivity index is 1.84. The van der Waals surface area contributed by atoms with Crippen LogP contribution in [0.3, 0.4) is 0 Å². The SMILES string of the molecule is CCOc1ccc(CN2C(=O)C(=O)/C(=C(/O)c3cc(C)c(OC)cc3C)C2c2ccc(OC)cc2)cc1. The molecule has 3 aromatic rings. The van der Waals surface area contributed by atoms with E-state index in [1.807, 2.05) is 51.1 Å². The maximum Gasteiger partial charge on any atom is 0.295 e. The Labute approximate surface area is 216 Å². The van der Waals surface area contributed by atoms with Crippen LogP contribution < -0.4 is 14.2 Å². The normalized spacial score (nSPS) is 16.7. The van der Waals surface area contributed by atoms with E-state index < -0.39 is 17.7 Å². The summed E-state index contributed by atoms with van der Waals surface area (Å²) >= 11 is 0. The quantitative estimate of drug-likeness (QED) is 0.255. The second kappa shape index (κ2) is 10.8. The number of nitrogens with zero attached hydrogens (tertiary/aromatic N) is 1. The first-order valence-electron chi connectivity index (χ1n) is 12.1. The highest BCUT2D eigenvalue weighted by molar-refractivity contribution is 6.46. The van der Waals surface area contributed by atoms with Crippen molar-refractivity contribution in [2.45, 2.75) is 33.4 Å². The lowest BCUT2D eigenvalue weighted by molar-refractivity contribution is -0.140. The lowest BCUT2D eigenvalue weighted by atomic mass is 9.93. The van der Waals surface area contributed by atoms with Crippen molar-refractivity contribution in [3.05, 3.63) is 94.1 Å². The van der Waals surface area contributed by atoms with E-state index >= 15 is 0 Å². The predicted octanol–water partition coefficient (Wildman–Crippen LogP) is 5.34. The molecule has 192 valence electrons. The molecule has 0 aromatic heterocycles. The highest BCUT2D eigenvalue weighted by Gasteiger charge is 2.46. The van der Waals surface area contributed by atoms with Gasteiger partial charge in [0.1, 0.15) is 23.0 Å². The van der Waals surface area contributed by atoms with Crippen molar-refractivity contribution in [3.63, 3.8) is 0 Å². The standard InChI is InChI=1S/C30H31NO6/c1-6-37-23-11-7-20(8-12-23)17-31-27(21-9-13-22(35-4)14-10-21)26(29(33)30(31)34)28(32)24-15-19(3)25(36-5)16-18(24)2/h7-16,27,32H,6,17H2,1-5H3/b28-26+. The van der Waals surface area contributed by atoms with E-state index in [1.54, 1.807) is 44.6 Å². The van der Waals surface area contributed by atoms with Crippen molar-refractivity contribution in [1.29, 1.82) is 0 Å². The van der Waals surface area contributed by atoms with Gasteiger partial charge in [-0.25, -0.2) is 0 Å². The van der Waals surface area contributed by atoms with Crippen LogP contribution in [0.5, 0.6) is 17.2 Å². The van der Waals surface area contributed by atoms with Gasteiger partial charge in [-0.05, 0) is 79.4 Å². The number of ether oxygens (including phenoxy) is 3. The highest BCUT2D eigenvalue weighted by Crippen LogP contribution is 2.41. The topological polar surface area (TPSA) is 85.3 Å². The van der Waals surface area contributed by atoms with Gasteiger partial charge >= 0.3 is 0 Å². The van der Waals surface area contributed by atoms with E-state index in [-0.39, 0.29) is 17.9 Å². The molecule has 1 N–H and O–H groups in total. The first kappa shape index (κ1) is 25.8. The molecule has 0 bridgehead atoms. The van der Waals surface area contributed by atoms with Crippen LogP contribution in [0.15, 0.2) is 66.2 Å². The Morgan fingerprint density at radius 1 is 0.892 bits per heavy atom. The van der Waals surface area contributed by atoms with Crippen LogP contribution in [0.4, 0.5) is 0 Å². The van der Waals surface area contributed by atoms with Crippen LogP contribution in [-0.4, -0.2) is 42.5 Å². The fourth-order valence-corrected chi connectivity index (χ4v) is 4.64. The molecule has 1 aliphatic heterocycles. The summed E-state index contributed by atoms with van der Waals surface area (Å²) in [5, 5.41) is 11.5. The second-order valence-corrected chi connectivity index (χ2v) is 8.91. The molecule has 1 fully saturated rings. The van der Waals surface area contributed by atoms with Crippen molar-refractivity contribution in [2.24, 2.45) is 0 Å². The smallest absolute Gasteiger partial charge is 0.295 e. The fourth-order valence-electron chi connectivity index (χ4n) is 4.64. The molecule has 7 nitrogen and oxygen atoms in total. The van der Waals surface area contributed by atoms with Crippen molar-refractivity contribution in [1.82, 2.24) is 4.90 Å². The average molecular weight is 502 g/mol. The second-order valence-electron chi connectivity index (χ2n) is 8.91. The van der Waals surface area contributed by atoms with Gasteiger partial charge in [0.05, 0.1) is 32.4 Å². The van der Waals surface area contributed by atoms with Crippen molar-refractivity contribution >= 4 is 17.4 Å². The number of carbonyl (C=O) groups is 2. The Morgan fingerprint density at radius 3 is 2.14 bits per heavy atom. The molecule has 1 amide bonds. The number of ketones is 1. The van der Waals surface area contributed by atoms with E-state index in [0.717, 1.165) is 22.4 Å². The molecule has 7 heteroatoms. The van der Waals surface area contributed by atoms with E-state index in [4.69, 9.17) is 14.2 Å². The average Bonchev–Trinajstić information content (AvgIpc) is 3.15. The van der Waals surface area contributed by atoms with Gasteiger partial charge in [-0.1, -0.05) is 24.3 Å². The molecule has 1 unspecified atom stereocenters. The molecule has 1 heterocycles. The number of rotatable bonds is 8. The van der Waals surface area contributed by atoms with Gasteiger partial charge in [-0.2, -0.15) is 0 Å². The van der Waals surface area contributed by atoms with Gasteiger partial charge in [0.2, 0.25) is 0 Å². The monoisotopic (exact) mass is 501 g/mol. The number of benzene rings is 3. The number of aliphatic hydroxyl groups excluding tert-OH is 1. The van der Waals surface area contributed by atoms with E-state index in [9.17, 15) is 14.7 Å². The summed E-state index contributed by atoms with van der Waals surface area (Å²) in [5.74, 6) is 0.448. The number of amides is 1. The van der Waals surface area contributed by atoms with Crippen LogP contribution in [-0.2, 0) is 16.1 Å². The highest BCUT2D eigenvalue weighted by atomic mass is 16.5. The Morgan fingerprint density at radius 2 is 1.54 bits per heavy atom. The first-order chi connectivity index (χ1) is 17.8. The minimum atomic E-state index is -0.778. The maximum absolute atomic E-state index is 13.4. The van der Waals surface area contributed by atoms with E-state index in [2.05, 4.69) is 0 Å². The summed E-state index contributed by atoms with van der Waals surface area (Å²) in [6.07, 6.45) is 0. The minimum absolute atomic E-state index is 0.0498. The Kier molecular flexibility index (Phi) is 7.53. The molecule has 1 aliphatic rings. The molecular weight excluding hydrogens is 470 g/mol. The van der Waals surface area contributed by atoms with Gasteiger partial charge in [0.15, 0.2) is 0 Å². The van der Waals surface area contributed by atoms with Crippen LogP contribution >= 0.6 is 0 Å². The number of methoxy groups -OCH3 is 2. The first-order valence-corrected chi connectivity index (χ1v) is 12.1. The van der Waals surface area contributed by atoms with Gasteiger partial charge in [0, 0.05) is 12.1 Å². The maximum atomic E-state index is 13.4. The molecule has 37 heavy (non-hydrogen) atoms. The molecule has 0 aliphatic carbocycles. The predicted molar refractivity (Wildman–Crippen MR) is 141 cm³/mol. The van der Waals surface area contributed by atoms with Gasteiger partial charge < -0.3 is 24.2 Å². The van der Waals surface area contributed by atoms with Crippen molar-refractivity contribution in [2.75, 3.05) is 20.8 Å². The summed E-state index contributed by atoms with van der Waals surface area (Å²) in [5.41, 5.74) is 3.59. The molecule has 0 spiro atoms. The zero-order valence-corrected chi connectivity index (χ0v) is 21.7. The number of Topliss-reactive ketones (excluding diaryl/α,β-unsaturated/α-hetero) is 1. The molecule has 0 radical (unpaired) electrons. The summed E-state index contributed by atoms with van der Waals surface area (Å²) in [6.45, 7) is 6.34. The largest absolute Gasteiger partial charge is 0.507 e. The lowest BCUT2D eigenvalue weighted by Gasteiger charge is -2.26. The van der Waals surface area contributed by atoms with Crippen LogP contribution in [0.25, 0.3) is 5.76 Å². The summed E-state index contributed by atoms with van der Waals surface area (Å²) in [7, 11) is 3.15. The van der Waals surface area contributed by atoms with Gasteiger partial charge in [-0.3, -0.25) is 9.59 Å². The summed E-state index contributed by atoms with van der Waals surface area (Å²) < 4.78 is 16.2. The Bertz CT molecular complexity index is 1340. The van der Waals surface area contributed by atoms with E-state index in [0.29, 0.717) is 29.2 Å². The van der Waals surface area contributed by atoms with Crippen LogP contribution in [0, 0.1) is 13.8 Å². The molecule has 1 atom stereocenters. The lowest BCUT2D eigenvalue weighted by Crippen LogP contribution is -2.29.